The Morgan fingerprint density at radius 1 is 1.30 bits per heavy atom. The molecule has 2 fully saturated rings. The minimum absolute atomic E-state index is 0.0213. The van der Waals surface area contributed by atoms with Gasteiger partial charge in [0.1, 0.15) is 11.9 Å². The van der Waals surface area contributed by atoms with Gasteiger partial charge in [0, 0.05) is 12.5 Å². The minimum atomic E-state index is -3.34. The first-order chi connectivity index (χ1) is 9.43. The summed E-state index contributed by atoms with van der Waals surface area (Å²) in [7, 11) is -3.34. The number of carbonyl (C=O) groups excluding carboxylic acids is 2. The molecule has 1 saturated heterocycles. The van der Waals surface area contributed by atoms with Crippen molar-refractivity contribution in [1.82, 2.24) is 4.90 Å². The summed E-state index contributed by atoms with van der Waals surface area (Å²) in [6.07, 6.45) is 1.73. The van der Waals surface area contributed by atoms with E-state index in [4.69, 9.17) is 4.74 Å². The lowest BCUT2D eigenvalue weighted by Gasteiger charge is -2.32. The summed E-state index contributed by atoms with van der Waals surface area (Å²) < 4.78 is 28.7. The van der Waals surface area contributed by atoms with Crippen molar-refractivity contribution in [1.29, 1.82) is 0 Å². The van der Waals surface area contributed by atoms with E-state index in [9.17, 15) is 18.0 Å². The molecule has 0 radical (unpaired) electrons. The number of amides is 1. The van der Waals surface area contributed by atoms with Crippen LogP contribution in [0.1, 0.15) is 26.2 Å². The summed E-state index contributed by atoms with van der Waals surface area (Å²) in [5, 5.41) is 0. The van der Waals surface area contributed by atoms with Crippen LogP contribution in [0.5, 0.6) is 0 Å². The molecule has 0 N–H and O–H groups in total. The third-order valence-electron chi connectivity index (χ3n) is 3.57. The van der Waals surface area contributed by atoms with E-state index < -0.39 is 27.6 Å². The number of sulfone groups is 1. The van der Waals surface area contributed by atoms with E-state index in [1.165, 1.54) is 4.90 Å². The molecule has 1 atom stereocenters. The number of morpholine rings is 1. The molecule has 0 bridgehead atoms. The predicted molar refractivity (Wildman–Crippen MR) is 73.0 cm³/mol. The molecule has 1 aliphatic heterocycles. The molecule has 1 heterocycles. The normalized spacial score (nSPS) is 23.6. The van der Waals surface area contributed by atoms with Gasteiger partial charge in [-0.05, 0) is 19.3 Å². The fourth-order valence-corrected chi connectivity index (χ4v) is 3.67. The van der Waals surface area contributed by atoms with Gasteiger partial charge in [-0.25, -0.2) is 8.42 Å². The summed E-state index contributed by atoms with van der Waals surface area (Å²) in [4.78, 5) is 25.4. The summed E-state index contributed by atoms with van der Waals surface area (Å²) in [6, 6.07) is 0. The van der Waals surface area contributed by atoms with E-state index in [0.717, 1.165) is 12.8 Å². The van der Waals surface area contributed by atoms with Gasteiger partial charge in [0.25, 0.3) is 0 Å². The molecule has 7 heteroatoms. The predicted octanol–water partition coefficient (Wildman–Crippen LogP) is 0.0177. The van der Waals surface area contributed by atoms with Gasteiger partial charge in [-0.3, -0.25) is 9.59 Å². The molecule has 0 aromatic carbocycles. The van der Waals surface area contributed by atoms with Gasteiger partial charge in [-0.2, -0.15) is 0 Å². The SMILES string of the molecule is CCCS(=O)(=O)CC(=O)N1CCOC(C(=O)C2CC2)C1. The maximum absolute atomic E-state index is 12.0. The van der Waals surface area contributed by atoms with Crippen molar-refractivity contribution in [2.45, 2.75) is 32.3 Å². The Labute approximate surface area is 119 Å². The van der Waals surface area contributed by atoms with Crippen molar-refractivity contribution in [3.05, 3.63) is 0 Å². The lowest BCUT2D eigenvalue weighted by Crippen LogP contribution is -2.50. The second-order valence-electron chi connectivity index (χ2n) is 5.47. The highest BCUT2D eigenvalue weighted by Gasteiger charge is 2.38. The third kappa shape index (κ3) is 4.02. The molecule has 20 heavy (non-hydrogen) atoms. The van der Waals surface area contributed by atoms with E-state index >= 15 is 0 Å². The Hall–Kier alpha value is -0.950. The highest BCUT2D eigenvalue weighted by molar-refractivity contribution is 7.92. The van der Waals surface area contributed by atoms with Crippen molar-refractivity contribution in [2.75, 3.05) is 31.2 Å². The quantitative estimate of drug-likeness (QED) is 0.691. The molecule has 2 aliphatic rings. The average molecular weight is 303 g/mol. The van der Waals surface area contributed by atoms with E-state index in [1.807, 2.05) is 0 Å². The number of carbonyl (C=O) groups is 2. The molecule has 114 valence electrons. The summed E-state index contributed by atoms with van der Waals surface area (Å²) in [5.74, 6) is -0.730. The lowest BCUT2D eigenvalue weighted by molar-refractivity contribution is -0.145. The first-order valence-corrected chi connectivity index (χ1v) is 8.88. The van der Waals surface area contributed by atoms with E-state index in [-0.39, 0.29) is 24.0 Å². The summed E-state index contributed by atoms with van der Waals surface area (Å²) >= 11 is 0. The van der Waals surface area contributed by atoms with Crippen LogP contribution < -0.4 is 0 Å². The number of ketones is 1. The van der Waals surface area contributed by atoms with Crippen LogP contribution in [0.4, 0.5) is 0 Å². The first kappa shape index (κ1) is 15.4. The van der Waals surface area contributed by atoms with Crippen LogP contribution in [0.15, 0.2) is 0 Å². The zero-order valence-corrected chi connectivity index (χ0v) is 12.5. The van der Waals surface area contributed by atoms with Crippen LogP contribution in [0.2, 0.25) is 0 Å². The number of nitrogens with zero attached hydrogens (tertiary/aromatic N) is 1. The molecule has 1 amide bonds. The van der Waals surface area contributed by atoms with Crippen molar-refractivity contribution < 1.29 is 22.7 Å². The maximum Gasteiger partial charge on any atom is 0.237 e. The van der Waals surface area contributed by atoms with E-state index in [1.54, 1.807) is 6.92 Å². The van der Waals surface area contributed by atoms with E-state index in [0.29, 0.717) is 19.6 Å². The summed E-state index contributed by atoms with van der Waals surface area (Å²) in [5.41, 5.74) is 0. The second kappa shape index (κ2) is 6.22. The number of ether oxygens (including phenoxy) is 1. The molecule has 6 nitrogen and oxygen atoms in total. The van der Waals surface area contributed by atoms with Gasteiger partial charge in [0.15, 0.2) is 15.6 Å². The molecular weight excluding hydrogens is 282 g/mol. The number of hydrogen-bond donors (Lipinski definition) is 0. The van der Waals surface area contributed by atoms with Gasteiger partial charge >= 0.3 is 0 Å². The zero-order chi connectivity index (χ0) is 14.8. The molecule has 0 aromatic heterocycles. The largest absolute Gasteiger partial charge is 0.367 e. The number of Topliss-reactive ketones (excluding diaryl/α,β-unsaturated/α-hetero) is 1. The molecule has 1 saturated carbocycles. The van der Waals surface area contributed by atoms with Crippen LogP contribution in [0.25, 0.3) is 0 Å². The van der Waals surface area contributed by atoms with Gasteiger partial charge in [-0.15, -0.1) is 0 Å². The van der Waals surface area contributed by atoms with Crippen LogP contribution >= 0.6 is 0 Å². The Kier molecular flexibility index (Phi) is 4.80. The van der Waals surface area contributed by atoms with Crippen molar-refractivity contribution in [3.8, 4) is 0 Å². The van der Waals surface area contributed by atoms with Crippen LogP contribution in [0.3, 0.4) is 0 Å². The third-order valence-corrected chi connectivity index (χ3v) is 5.29. The summed E-state index contributed by atoms with van der Waals surface area (Å²) in [6.45, 7) is 2.61. The molecular formula is C13H21NO5S. The average Bonchev–Trinajstić information content (AvgIpc) is 3.21. The van der Waals surface area contributed by atoms with Crippen LogP contribution in [-0.4, -0.2) is 62.3 Å². The fraction of sp³-hybridized carbons (Fsp3) is 0.846. The highest BCUT2D eigenvalue weighted by atomic mass is 32.2. The topological polar surface area (TPSA) is 80.8 Å². The standard InChI is InChI=1S/C13H21NO5S/c1-2-7-20(17,18)9-12(15)14-5-6-19-11(8-14)13(16)10-3-4-10/h10-11H,2-9H2,1H3. The minimum Gasteiger partial charge on any atom is -0.367 e. The lowest BCUT2D eigenvalue weighted by atomic mass is 10.1. The van der Waals surface area contributed by atoms with Gasteiger partial charge in [-0.1, -0.05) is 6.92 Å². The van der Waals surface area contributed by atoms with Gasteiger partial charge in [0.2, 0.25) is 5.91 Å². The maximum atomic E-state index is 12.0. The first-order valence-electron chi connectivity index (χ1n) is 7.06. The van der Waals surface area contributed by atoms with Crippen molar-refractivity contribution in [2.24, 2.45) is 5.92 Å². The Morgan fingerprint density at radius 3 is 2.60 bits per heavy atom. The van der Waals surface area contributed by atoms with Crippen LogP contribution in [-0.2, 0) is 24.2 Å². The Balaban J connectivity index is 1.91. The van der Waals surface area contributed by atoms with Crippen molar-refractivity contribution >= 4 is 21.5 Å². The van der Waals surface area contributed by atoms with Crippen molar-refractivity contribution in [3.63, 3.8) is 0 Å². The molecule has 1 aliphatic carbocycles. The molecule has 0 spiro atoms. The van der Waals surface area contributed by atoms with Gasteiger partial charge < -0.3 is 9.64 Å². The zero-order valence-electron chi connectivity index (χ0n) is 11.7. The monoisotopic (exact) mass is 303 g/mol. The Bertz CT molecular complexity index is 483. The number of rotatable bonds is 6. The van der Waals surface area contributed by atoms with Crippen LogP contribution in [0, 0.1) is 5.92 Å². The molecule has 1 unspecified atom stereocenters. The molecule has 0 aromatic rings. The fourth-order valence-electron chi connectivity index (χ4n) is 2.34. The molecule has 2 rings (SSSR count). The second-order valence-corrected chi connectivity index (χ2v) is 7.65. The van der Waals surface area contributed by atoms with Gasteiger partial charge in [0.05, 0.1) is 18.9 Å². The van der Waals surface area contributed by atoms with E-state index in [2.05, 4.69) is 0 Å². The Morgan fingerprint density at radius 2 is 2.00 bits per heavy atom. The smallest absolute Gasteiger partial charge is 0.237 e. The highest BCUT2D eigenvalue weighted by Crippen LogP contribution is 2.32. The number of hydrogen-bond acceptors (Lipinski definition) is 5.